The van der Waals surface area contributed by atoms with Crippen LogP contribution < -0.4 is 5.32 Å². The lowest BCUT2D eigenvalue weighted by Crippen LogP contribution is -2.41. The predicted molar refractivity (Wildman–Crippen MR) is 72.1 cm³/mol. The van der Waals surface area contributed by atoms with Crippen LogP contribution in [0.15, 0.2) is 23.1 Å². The number of nitrogens with zero attached hydrogens (tertiary/aromatic N) is 1. The van der Waals surface area contributed by atoms with Crippen LogP contribution in [0.3, 0.4) is 0 Å². The molecule has 1 atom stereocenters. The average Bonchev–Trinajstić information content (AvgIpc) is 2.34. The van der Waals surface area contributed by atoms with Gasteiger partial charge in [-0.25, -0.2) is 4.79 Å². The molecule has 0 aromatic heterocycles. The molecule has 0 aliphatic rings. The van der Waals surface area contributed by atoms with Crippen LogP contribution in [-0.2, 0) is 9.59 Å². The average molecular weight is 299 g/mol. The molecule has 1 amide bonds. The van der Waals surface area contributed by atoms with Crippen LogP contribution in [0.5, 0.6) is 0 Å². The fourth-order valence-corrected chi connectivity index (χ4v) is 2.56. The van der Waals surface area contributed by atoms with Crippen molar-refractivity contribution < 1.29 is 14.7 Å². The lowest BCUT2D eigenvalue weighted by Gasteiger charge is -2.13. The molecule has 0 aliphatic heterocycles. The summed E-state index contributed by atoms with van der Waals surface area (Å²) in [7, 11) is 0. The summed E-state index contributed by atoms with van der Waals surface area (Å²) in [5, 5.41) is 20.4. The number of carbonyl (C=O) groups is 2. The molecule has 100 valence electrons. The van der Waals surface area contributed by atoms with Gasteiger partial charge in [-0.2, -0.15) is 5.26 Å². The molecular formula is C12H11ClN2O3S. The summed E-state index contributed by atoms with van der Waals surface area (Å²) in [5.74, 6) is -1.35. The second kappa shape index (κ2) is 7.02. The van der Waals surface area contributed by atoms with Crippen molar-refractivity contribution in [1.29, 1.82) is 5.26 Å². The van der Waals surface area contributed by atoms with Crippen molar-refractivity contribution in [3.63, 3.8) is 0 Å². The summed E-state index contributed by atoms with van der Waals surface area (Å²) in [6, 6.07) is 5.74. The molecule has 19 heavy (non-hydrogen) atoms. The number of nitriles is 1. The van der Waals surface area contributed by atoms with Crippen molar-refractivity contribution >= 4 is 35.2 Å². The highest BCUT2D eigenvalue weighted by Gasteiger charge is 2.19. The van der Waals surface area contributed by atoms with Crippen molar-refractivity contribution in [3.05, 3.63) is 28.8 Å². The summed E-state index contributed by atoms with van der Waals surface area (Å²) in [4.78, 5) is 22.5. The Kier molecular flexibility index (Phi) is 5.67. The second-order valence-electron chi connectivity index (χ2n) is 3.66. The quantitative estimate of drug-likeness (QED) is 0.810. The Labute approximate surface area is 119 Å². The number of benzene rings is 1. The number of aliphatic carboxylic acids is 1. The second-order valence-corrected chi connectivity index (χ2v) is 5.13. The first kappa shape index (κ1) is 15.3. The van der Waals surface area contributed by atoms with E-state index in [4.69, 9.17) is 22.0 Å². The Morgan fingerprint density at radius 3 is 2.74 bits per heavy atom. The highest BCUT2D eigenvalue weighted by atomic mass is 35.5. The van der Waals surface area contributed by atoms with E-state index in [2.05, 4.69) is 5.32 Å². The normalized spacial score (nSPS) is 11.4. The zero-order valence-corrected chi connectivity index (χ0v) is 11.6. The fraction of sp³-hybridized carbons (Fsp3) is 0.250. The fourth-order valence-electron chi connectivity index (χ4n) is 1.28. The minimum absolute atomic E-state index is 0.153. The number of carboxylic acids is 1. The Morgan fingerprint density at radius 2 is 2.26 bits per heavy atom. The molecule has 0 aliphatic carbocycles. The summed E-state index contributed by atoms with van der Waals surface area (Å²) < 4.78 is 0. The van der Waals surface area contributed by atoms with E-state index < -0.39 is 17.9 Å². The van der Waals surface area contributed by atoms with Gasteiger partial charge < -0.3 is 10.4 Å². The summed E-state index contributed by atoms with van der Waals surface area (Å²) in [6.07, 6.45) is 0. The van der Waals surface area contributed by atoms with Crippen LogP contribution in [-0.4, -0.2) is 28.8 Å². The van der Waals surface area contributed by atoms with E-state index in [1.54, 1.807) is 12.1 Å². The summed E-state index contributed by atoms with van der Waals surface area (Å²) >= 11 is 7.18. The number of thioether (sulfide) groups is 1. The van der Waals surface area contributed by atoms with Gasteiger partial charge in [0.05, 0.1) is 16.7 Å². The van der Waals surface area contributed by atoms with E-state index in [1.807, 2.05) is 6.07 Å². The molecule has 5 nitrogen and oxygen atoms in total. The van der Waals surface area contributed by atoms with Gasteiger partial charge in [-0.1, -0.05) is 11.6 Å². The van der Waals surface area contributed by atoms with E-state index >= 15 is 0 Å². The standard InChI is InChI=1S/C12H11ClN2O3S/c1-7(16)15-10(12(17)18)6-19-11-3-2-8(5-14)4-9(11)13/h2-4,10H,6H2,1H3,(H,15,16)(H,17,18)/t10-/m0/s1. The van der Waals surface area contributed by atoms with E-state index in [0.29, 0.717) is 15.5 Å². The number of nitrogens with one attached hydrogen (secondary N) is 1. The third kappa shape index (κ3) is 4.81. The third-order valence-corrected chi connectivity index (χ3v) is 3.73. The van der Waals surface area contributed by atoms with Crippen LogP contribution in [0.4, 0.5) is 0 Å². The molecule has 0 heterocycles. The molecule has 0 unspecified atom stereocenters. The number of rotatable bonds is 5. The number of hydrogen-bond donors (Lipinski definition) is 2. The largest absolute Gasteiger partial charge is 0.480 e. The molecule has 1 aromatic carbocycles. The van der Waals surface area contributed by atoms with Crippen molar-refractivity contribution in [2.45, 2.75) is 17.9 Å². The van der Waals surface area contributed by atoms with Gasteiger partial charge in [-0.3, -0.25) is 4.79 Å². The Balaban J connectivity index is 2.72. The Morgan fingerprint density at radius 1 is 1.58 bits per heavy atom. The molecule has 0 saturated heterocycles. The van der Waals surface area contributed by atoms with E-state index in [0.717, 1.165) is 0 Å². The SMILES string of the molecule is CC(=O)N[C@@H](CSc1ccc(C#N)cc1Cl)C(=O)O. The smallest absolute Gasteiger partial charge is 0.327 e. The van der Waals surface area contributed by atoms with Gasteiger partial charge in [0, 0.05) is 17.6 Å². The Bertz CT molecular complexity index is 542. The van der Waals surface area contributed by atoms with Gasteiger partial charge in [-0.05, 0) is 18.2 Å². The van der Waals surface area contributed by atoms with Crippen LogP contribution in [0.1, 0.15) is 12.5 Å². The highest BCUT2D eigenvalue weighted by Crippen LogP contribution is 2.28. The molecule has 0 radical (unpaired) electrons. The maximum Gasteiger partial charge on any atom is 0.327 e. The molecule has 0 bridgehead atoms. The predicted octanol–water partition coefficient (Wildman–Crippen LogP) is 1.89. The van der Waals surface area contributed by atoms with Crippen molar-refractivity contribution in [2.24, 2.45) is 0 Å². The molecule has 0 spiro atoms. The first-order chi connectivity index (χ1) is 8.93. The van der Waals surface area contributed by atoms with Gasteiger partial charge in [0.15, 0.2) is 0 Å². The lowest BCUT2D eigenvalue weighted by molar-refractivity contribution is -0.140. The van der Waals surface area contributed by atoms with Crippen LogP contribution in [0, 0.1) is 11.3 Å². The number of carboxylic acid groups (broad SMARTS) is 1. The minimum Gasteiger partial charge on any atom is -0.480 e. The number of hydrogen-bond acceptors (Lipinski definition) is 4. The molecule has 0 fully saturated rings. The molecule has 1 rings (SSSR count). The molecule has 2 N–H and O–H groups in total. The van der Waals surface area contributed by atoms with Gasteiger partial charge in [0.25, 0.3) is 0 Å². The number of amides is 1. The monoisotopic (exact) mass is 298 g/mol. The molecule has 0 saturated carbocycles. The summed E-state index contributed by atoms with van der Waals surface area (Å²) in [5.41, 5.74) is 0.436. The van der Waals surface area contributed by atoms with E-state index in [1.165, 1.54) is 24.8 Å². The number of carbonyl (C=O) groups excluding carboxylic acids is 1. The first-order valence-electron chi connectivity index (χ1n) is 5.26. The lowest BCUT2D eigenvalue weighted by atomic mass is 10.2. The zero-order chi connectivity index (χ0) is 14.4. The third-order valence-electron chi connectivity index (χ3n) is 2.14. The highest BCUT2D eigenvalue weighted by molar-refractivity contribution is 7.99. The Hall–Kier alpha value is -1.71. The molecular weight excluding hydrogens is 288 g/mol. The molecule has 1 aromatic rings. The summed E-state index contributed by atoms with van der Waals surface area (Å²) in [6.45, 7) is 1.26. The first-order valence-corrected chi connectivity index (χ1v) is 6.62. The van der Waals surface area contributed by atoms with Crippen LogP contribution in [0.25, 0.3) is 0 Å². The maximum absolute atomic E-state index is 10.9. The van der Waals surface area contributed by atoms with Crippen molar-refractivity contribution in [3.8, 4) is 6.07 Å². The van der Waals surface area contributed by atoms with Gasteiger partial charge in [0.2, 0.25) is 5.91 Å². The van der Waals surface area contributed by atoms with Crippen LogP contribution >= 0.6 is 23.4 Å². The van der Waals surface area contributed by atoms with Gasteiger partial charge in [-0.15, -0.1) is 11.8 Å². The molecule has 7 heteroatoms. The van der Waals surface area contributed by atoms with Crippen molar-refractivity contribution in [1.82, 2.24) is 5.32 Å². The minimum atomic E-state index is -1.10. The van der Waals surface area contributed by atoms with E-state index in [-0.39, 0.29) is 5.75 Å². The van der Waals surface area contributed by atoms with Crippen molar-refractivity contribution in [2.75, 3.05) is 5.75 Å². The number of halogens is 1. The van der Waals surface area contributed by atoms with Gasteiger partial charge in [0.1, 0.15) is 6.04 Å². The maximum atomic E-state index is 10.9. The van der Waals surface area contributed by atoms with Gasteiger partial charge >= 0.3 is 5.97 Å². The van der Waals surface area contributed by atoms with Crippen LogP contribution in [0.2, 0.25) is 5.02 Å². The van der Waals surface area contributed by atoms with E-state index in [9.17, 15) is 9.59 Å². The topological polar surface area (TPSA) is 90.2 Å². The zero-order valence-electron chi connectivity index (χ0n) is 10.0.